The molecule has 0 amide bonds. The number of rotatable bonds is 11. The first-order valence-corrected chi connectivity index (χ1v) is 9.07. The Morgan fingerprint density at radius 3 is 2.70 bits per heavy atom. The van der Waals surface area contributed by atoms with Crippen molar-refractivity contribution in [3.63, 3.8) is 0 Å². The lowest BCUT2D eigenvalue weighted by atomic mass is 10.2. The lowest BCUT2D eigenvalue weighted by Gasteiger charge is -2.11. The standard InChI is InChI=1S/C17H29NOS/c1-15(2)19-17-10-8-9-16(13-17)14-18-11-6-4-5-7-12-20-3/h8-10,13,15,18H,4-7,11-12,14H2,1-3H3. The molecule has 1 aromatic carbocycles. The van der Waals surface area contributed by atoms with Gasteiger partial charge in [-0.25, -0.2) is 0 Å². The monoisotopic (exact) mass is 295 g/mol. The van der Waals surface area contributed by atoms with Crippen LogP contribution in [0.4, 0.5) is 0 Å². The molecule has 0 spiro atoms. The van der Waals surface area contributed by atoms with E-state index in [1.165, 1.54) is 37.0 Å². The molecular formula is C17H29NOS. The smallest absolute Gasteiger partial charge is 0.120 e. The summed E-state index contributed by atoms with van der Waals surface area (Å²) in [6.07, 6.45) is 7.74. The minimum absolute atomic E-state index is 0.236. The number of ether oxygens (including phenoxy) is 1. The zero-order chi connectivity index (χ0) is 14.6. The van der Waals surface area contributed by atoms with Gasteiger partial charge in [-0.2, -0.15) is 11.8 Å². The van der Waals surface area contributed by atoms with E-state index in [2.05, 4.69) is 43.6 Å². The Morgan fingerprint density at radius 1 is 1.15 bits per heavy atom. The molecule has 0 aliphatic carbocycles. The van der Waals surface area contributed by atoms with Crippen molar-refractivity contribution in [3.8, 4) is 5.75 Å². The first-order valence-electron chi connectivity index (χ1n) is 7.67. The average Bonchev–Trinajstić information content (AvgIpc) is 2.41. The highest BCUT2D eigenvalue weighted by molar-refractivity contribution is 7.98. The number of hydrogen-bond acceptors (Lipinski definition) is 3. The molecule has 2 nitrogen and oxygen atoms in total. The summed E-state index contributed by atoms with van der Waals surface area (Å²) in [6, 6.07) is 8.37. The van der Waals surface area contributed by atoms with E-state index in [9.17, 15) is 0 Å². The van der Waals surface area contributed by atoms with Crippen molar-refractivity contribution in [2.75, 3.05) is 18.6 Å². The fraction of sp³-hybridized carbons (Fsp3) is 0.647. The first kappa shape index (κ1) is 17.4. The van der Waals surface area contributed by atoms with Crippen molar-refractivity contribution in [3.05, 3.63) is 29.8 Å². The third-order valence-electron chi connectivity index (χ3n) is 3.05. The molecular weight excluding hydrogens is 266 g/mol. The van der Waals surface area contributed by atoms with Gasteiger partial charge in [0.15, 0.2) is 0 Å². The second kappa shape index (κ2) is 11.0. The minimum atomic E-state index is 0.236. The summed E-state index contributed by atoms with van der Waals surface area (Å²) in [6.45, 7) is 6.15. The van der Waals surface area contributed by atoms with Crippen LogP contribution in [0.25, 0.3) is 0 Å². The van der Waals surface area contributed by atoms with Crippen LogP contribution >= 0.6 is 11.8 Å². The molecule has 0 saturated heterocycles. The summed E-state index contributed by atoms with van der Waals surface area (Å²) in [5.41, 5.74) is 1.30. The Bertz CT molecular complexity index is 355. The highest BCUT2D eigenvalue weighted by atomic mass is 32.2. The molecule has 0 aromatic heterocycles. The number of nitrogens with one attached hydrogen (secondary N) is 1. The van der Waals surface area contributed by atoms with Crippen LogP contribution in [0.15, 0.2) is 24.3 Å². The van der Waals surface area contributed by atoms with Gasteiger partial charge in [-0.3, -0.25) is 0 Å². The predicted octanol–water partition coefficient (Wildman–Crippen LogP) is 4.49. The van der Waals surface area contributed by atoms with Crippen molar-refractivity contribution in [1.29, 1.82) is 0 Å². The third-order valence-corrected chi connectivity index (χ3v) is 3.75. The van der Waals surface area contributed by atoms with Crippen LogP contribution in [-0.4, -0.2) is 24.7 Å². The molecule has 0 bridgehead atoms. The van der Waals surface area contributed by atoms with Crippen molar-refractivity contribution in [2.45, 2.75) is 52.2 Å². The lowest BCUT2D eigenvalue weighted by molar-refractivity contribution is 0.242. The van der Waals surface area contributed by atoms with Gasteiger partial charge in [0.2, 0.25) is 0 Å². The van der Waals surface area contributed by atoms with E-state index in [0.29, 0.717) is 0 Å². The second-order valence-electron chi connectivity index (χ2n) is 5.40. The summed E-state index contributed by atoms with van der Waals surface area (Å²) >= 11 is 1.95. The molecule has 1 aromatic rings. The zero-order valence-corrected chi connectivity index (χ0v) is 14.0. The predicted molar refractivity (Wildman–Crippen MR) is 90.8 cm³/mol. The number of benzene rings is 1. The number of unbranched alkanes of at least 4 members (excludes halogenated alkanes) is 3. The maximum absolute atomic E-state index is 5.71. The Kier molecular flexibility index (Phi) is 9.60. The fourth-order valence-corrected chi connectivity index (χ4v) is 2.58. The number of thioether (sulfide) groups is 1. The van der Waals surface area contributed by atoms with Crippen LogP contribution in [0.5, 0.6) is 5.75 Å². The SMILES string of the molecule is CSCCCCCCNCc1cccc(OC(C)C)c1. The van der Waals surface area contributed by atoms with Crippen LogP contribution in [-0.2, 0) is 6.54 Å². The van der Waals surface area contributed by atoms with Gasteiger partial charge in [0.1, 0.15) is 5.75 Å². The molecule has 114 valence electrons. The molecule has 0 saturated carbocycles. The van der Waals surface area contributed by atoms with Gasteiger partial charge in [0, 0.05) is 6.54 Å². The van der Waals surface area contributed by atoms with Gasteiger partial charge >= 0.3 is 0 Å². The van der Waals surface area contributed by atoms with E-state index >= 15 is 0 Å². The highest BCUT2D eigenvalue weighted by Crippen LogP contribution is 2.14. The maximum Gasteiger partial charge on any atom is 0.120 e. The van der Waals surface area contributed by atoms with E-state index in [4.69, 9.17) is 4.74 Å². The fourth-order valence-electron chi connectivity index (χ4n) is 2.08. The molecule has 0 aliphatic heterocycles. The van der Waals surface area contributed by atoms with Crippen molar-refractivity contribution in [1.82, 2.24) is 5.32 Å². The molecule has 1 N–H and O–H groups in total. The molecule has 1 rings (SSSR count). The second-order valence-corrected chi connectivity index (χ2v) is 6.38. The first-order chi connectivity index (χ1) is 9.72. The summed E-state index contributed by atoms with van der Waals surface area (Å²) in [5.74, 6) is 2.27. The molecule has 3 heteroatoms. The molecule has 0 radical (unpaired) electrons. The number of hydrogen-bond donors (Lipinski definition) is 1. The molecule has 20 heavy (non-hydrogen) atoms. The van der Waals surface area contributed by atoms with Crippen LogP contribution in [0.2, 0.25) is 0 Å². The van der Waals surface area contributed by atoms with Crippen LogP contribution < -0.4 is 10.1 Å². The Labute approximate surface area is 128 Å². The quantitative estimate of drug-likeness (QED) is 0.608. The summed E-state index contributed by atoms with van der Waals surface area (Å²) in [5, 5.41) is 3.51. The zero-order valence-electron chi connectivity index (χ0n) is 13.2. The van der Waals surface area contributed by atoms with Crippen LogP contribution in [0, 0.1) is 0 Å². The van der Waals surface area contributed by atoms with Gasteiger partial charge in [0.05, 0.1) is 6.10 Å². The van der Waals surface area contributed by atoms with Crippen molar-refractivity contribution < 1.29 is 4.74 Å². The van der Waals surface area contributed by atoms with Crippen LogP contribution in [0.3, 0.4) is 0 Å². The molecule has 0 heterocycles. The van der Waals surface area contributed by atoms with E-state index in [1.54, 1.807) is 0 Å². The Hall–Kier alpha value is -0.670. The lowest BCUT2D eigenvalue weighted by Crippen LogP contribution is -2.15. The molecule has 0 fully saturated rings. The van der Waals surface area contributed by atoms with E-state index in [-0.39, 0.29) is 6.10 Å². The Balaban J connectivity index is 2.12. The highest BCUT2D eigenvalue weighted by Gasteiger charge is 1.99. The minimum Gasteiger partial charge on any atom is -0.491 e. The maximum atomic E-state index is 5.71. The average molecular weight is 295 g/mol. The van der Waals surface area contributed by atoms with Gasteiger partial charge < -0.3 is 10.1 Å². The van der Waals surface area contributed by atoms with Gasteiger partial charge in [0.25, 0.3) is 0 Å². The van der Waals surface area contributed by atoms with E-state index < -0.39 is 0 Å². The van der Waals surface area contributed by atoms with Gasteiger partial charge in [-0.1, -0.05) is 25.0 Å². The van der Waals surface area contributed by atoms with Gasteiger partial charge in [-0.05, 0) is 62.9 Å². The van der Waals surface area contributed by atoms with E-state index in [1.807, 2.05) is 17.8 Å². The summed E-state index contributed by atoms with van der Waals surface area (Å²) < 4.78 is 5.71. The van der Waals surface area contributed by atoms with Crippen LogP contribution in [0.1, 0.15) is 45.1 Å². The van der Waals surface area contributed by atoms with Gasteiger partial charge in [-0.15, -0.1) is 0 Å². The molecule has 0 unspecified atom stereocenters. The Morgan fingerprint density at radius 2 is 1.95 bits per heavy atom. The largest absolute Gasteiger partial charge is 0.491 e. The topological polar surface area (TPSA) is 21.3 Å². The normalized spacial score (nSPS) is 11.0. The molecule has 0 atom stereocenters. The van der Waals surface area contributed by atoms with Crippen molar-refractivity contribution >= 4 is 11.8 Å². The molecule has 0 aliphatic rings. The third kappa shape index (κ3) is 8.49. The van der Waals surface area contributed by atoms with Crippen molar-refractivity contribution in [2.24, 2.45) is 0 Å². The summed E-state index contributed by atoms with van der Waals surface area (Å²) in [7, 11) is 0. The summed E-state index contributed by atoms with van der Waals surface area (Å²) in [4.78, 5) is 0. The van der Waals surface area contributed by atoms with E-state index in [0.717, 1.165) is 18.8 Å².